The van der Waals surface area contributed by atoms with E-state index in [2.05, 4.69) is 0 Å². The highest BCUT2D eigenvalue weighted by Gasteiger charge is 2.72. The van der Waals surface area contributed by atoms with Gasteiger partial charge in [0.1, 0.15) is 0 Å². The molecule has 3 fully saturated rings. The molecule has 0 unspecified atom stereocenters. The zero-order valence-corrected chi connectivity index (χ0v) is 10.4. The van der Waals surface area contributed by atoms with E-state index in [1.807, 2.05) is 0 Å². The van der Waals surface area contributed by atoms with Crippen molar-refractivity contribution in [3.63, 3.8) is 0 Å². The lowest BCUT2D eigenvalue weighted by Crippen LogP contribution is -2.68. The number of hydrogen-bond donors (Lipinski definition) is 1. The number of benzene rings is 1. The molecule has 19 heavy (non-hydrogen) atoms. The number of methoxy groups -OCH3 is 1. The lowest BCUT2D eigenvalue weighted by molar-refractivity contribution is -0.386. The Morgan fingerprint density at radius 1 is 1.42 bits per heavy atom. The fraction of sp³-hybridized carbons (Fsp3) is 0.462. The molecule has 0 atom stereocenters. The number of esters is 1. The summed E-state index contributed by atoms with van der Waals surface area (Å²) in [6.45, 7) is 0. The largest absolute Gasteiger partial charge is 0.502 e. The van der Waals surface area contributed by atoms with Crippen LogP contribution in [0.4, 0.5) is 5.69 Å². The molecule has 6 nitrogen and oxygen atoms in total. The Hall–Kier alpha value is -2.11. The Morgan fingerprint density at radius 2 is 2.05 bits per heavy atom. The maximum absolute atomic E-state index is 11.6. The standard InChI is InChI=1S/C13H13NO5/c1-19-11(16)13-5-12(6-13,7-13)8-2-3-10(15)9(4-8)14(17)18/h2-4,15H,5-7H2,1H3. The van der Waals surface area contributed by atoms with Gasteiger partial charge in [-0.3, -0.25) is 14.9 Å². The van der Waals surface area contributed by atoms with Crippen molar-refractivity contribution in [1.29, 1.82) is 0 Å². The number of ether oxygens (including phenoxy) is 1. The molecule has 0 radical (unpaired) electrons. The van der Waals surface area contributed by atoms with Gasteiger partial charge in [0, 0.05) is 6.07 Å². The van der Waals surface area contributed by atoms with Crippen LogP contribution in [0.5, 0.6) is 5.75 Å². The summed E-state index contributed by atoms with van der Waals surface area (Å²) in [4.78, 5) is 21.8. The van der Waals surface area contributed by atoms with Crippen molar-refractivity contribution in [3.05, 3.63) is 33.9 Å². The van der Waals surface area contributed by atoms with Crippen LogP contribution in [0.25, 0.3) is 0 Å². The number of nitro benzene ring substituents is 1. The molecule has 4 rings (SSSR count). The van der Waals surface area contributed by atoms with Crippen molar-refractivity contribution in [1.82, 2.24) is 0 Å². The van der Waals surface area contributed by atoms with Gasteiger partial charge in [-0.05, 0) is 36.3 Å². The molecule has 0 aromatic heterocycles. The molecule has 0 amide bonds. The van der Waals surface area contributed by atoms with Gasteiger partial charge in [0.15, 0.2) is 5.75 Å². The SMILES string of the molecule is COC(=O)C12CC(c3ccc(O)c([N+](=O)[O-])c3)(C1)C2. The van der Waals surface area contributed by atoms with Gasteiger partial charge in [-0.15, -0.1) is 0 Å². The molecule has 0 spiro atoms. The number of rotatable bonds is 3. The van der Waals surface area contributed by atoms with Crippen LogP contribution in [-0.2, 0) is 14.9 Å². The zero-order valence-electron chi connectivity index (χ0n) is 10.4. The van der Waals surface area contributed by atoms with E-state index in [0.717, 1.165) is 5.56 Å². The minimum atomic E-state index is -0.597. The highest BCUT2D eigenvalue weighted by atomic mass is 16.6. The van der Waals surface area contributed by atoms with Crippen LogP contribution in [0.1, 0.15) is 24.8 Å². The van der Waals surface area contributed by atoms with Crippen LogP contribution in [0.3, 0.4) is 0 Å². The van der Waals surface area contributed by atoms with Crippen LogP contribution in [0, 0.1) is 15.5 Å². The maximum atomic E-state index is 11.6. The summed E-state index contributed by atoms with van der Waals surface area (Å²) in [5.41, 5.74) is 0.0192. The zero-order chi connectivity index (χ0) is 13.8. The van der Waals surface area contributed by atoms with Gasteiger partial charge < -0.3 is 9.84 Å². The minimum Gasteiger partial charge on any atom is -0.502 e. The van der Waals surface area contributed by atoms with Crippen molar-refractivity contribution in [2.75, 3.05) is 7.11 Å². The second-order valence-corrected chi connectivity index (χ2v) is 5.54. The first-order valence-corrected chi connectivity index (χ1v) is 5.99. The maximum Gasteiger partial charge on any atom is 0.311 e. The second kappa shape index (κ2) is 3.46. The smallest absolute Gasteiger partial charge is 0.311 e. The third kappa shape index (κ3) is 1.39. The highest BCUT2D eigenvalue weighted by molar-refractivity contribution is 5.82. The van der Waals surface area contributed by atoms with Crippen molar-refractivity contribution in [2.24, 2.45) is 5.41 Å². The summed E-state index contributed by atoms with van der Waals surface area (Å²) >= 11 is 0. The summed E-state index contributed by atoms with van der Waals surface area (Å²) in [6, 6.07) is 4.46. The molecule has 0 saturated heterocycles. The molecule has 100 valence electrons. The first-order chi connectivity index (χ1) is 8.92. The minimum absolute atomic E-state index is 0.146. The van der Waals surface area contributed by atoms with Gasteiger partial charge in [-0.25, -0.2) is 0 Å². The Labute approximate surface area is 109 Å². The molecule has 3 aliphatic rings. The van der Waals surface area contributed by atoms with E-state index < -0.39 is 4.92 Å². The van der Waals surface area contributed by atoms with Crippen molar-refractivity contribution >= 4 is 11.7 Å². The van der Waals surface area contributed by atoms with Crippen LogP contribution in [0.15, 0.2) is 18.2 Å². The number of phenols is 1. The predicted octanol–water partition coefficient (Wildman–Crippen LogP) is 1.90. The van der Waals surface area contributed by atoms with Gasteiger partial charge in [0.05, 0.1) is 17.4 Å². The number of nitro groups is 1. The van der Waals surface area contributed by atoms with E-state index in [9.17, 15) is 20.0 Å². The predicted molar refractivity (Wildman–Crippen MR) is 64.7 cm³/mol. The number of carbonyl (C=O) groups excluding carboxylic acids is 1. The average molecular weight is 263 g/mol. The third-order valence-corrected chi connectivity index (χ3v) is 4.43. The molecular formula is C13H13NO5. The van der Waals surface area contributed by atoms with Crippen LogP contribution < -0.4 is 0 Å². The van der Waals surface area contributed by atoms with E-state index in [1.54, 1.807) is 6.07 Å². The Morgan fingerprint density at radius 3 is 2.58 bits per heavy atom. The van der Waals surface area contributed by atoms with Crippen molar-refractivity contribution in [3.8, 4) is 5.75 Å². The van der Waals surface area contributed by atoms with Crippen LogP contribution in [-0.4, -0.2) is 23.1 Å². The van der Waals surface area contributed by atoms with Gasteiger partial charge in [0.2, 0.25) is 0 Å². The summed E-state index contributed by atoms with van der Waals surface area (Å²) in [7, 11) is 1.38. The summed E-state index contributed by atoms with van der Waals surface area (Å²) < 4.78 is 4.77. The van der Waals surface area contributed by atoms with Gasteiger partial charge >= 0.3 is 11.7 Å². The number of aromatic hydroxyl groups is 1. The first kappa shape index (κ1) is 12.0. The van der Waals surface area contributed by atoms with Gasteiger partial charge in [0.25, 0.3) is 0 Å². The summed E-state index contributed by atoms with van der Waals surface area (Å²) in [5, 5.41) is 20.2. The molecule has 1 aromatic carbocycles. The molecule has 2 bridgehead atoms. The normalized spacial score (nSPS) is 31.0. The third-order valence-electron chi connectivity index (χ3n) is 4.43. The topological polar surface area (TPSA) is 89.7 Å². The first-order valence-electron chi connectivity index (χ1n) is 5.99. The summed E-state index contributed by atoms with van der Waals surface area (Å²) in [6.07, 6.45) is 2.03. The molecule has 3 saturated carbocycles. The second-order valence-electron chi connectivity index (χ2n) is 5.54. The Bertz CT molecular complexity index is 575. The Kier molecular flexibility index (Phi) is 2.18. The fourth-order valence-corrected chi connectivity index (χ4v) is 3.53. The monoisotopic (exact) mass is 263 g/mol. The molecule has 1 aromatic rings. The van der Waals surface area contributed by atoms with E-state index in [0.29, 0.717) is 19.3 Å². The molecule has 0 heterocycles. The number of nitrogens with zero attached hydrogens (tertiary/aromatic N) is 1. The quantitative estimate of drug-likeness (QED) is 0.511. The van der Waals surface area contributed by atoms with Crippen LogP contribution in [0.2, 0.25) is 0 Å². The van der Waals surface area contributed by atoms with E-state index >= 15 is 0 Å². The lowest BCUT2D eigenvalue weighted by Gasteiger charge is -2.68. The van der Waals surface area contributed by atoms with Crippen molar-refractivity contribution < 1.29 is 19.6 Å². The fourth-order valence-electron chi connectivity index (χ4n) is 3.53. The van der Waals surface area contributed by atoms with Crippen molar-refractivity contribution in [2.45, 2.75) is 24.7 Å². The molecule has 3 aliphatic carbocycles. The van der Waals surface area contributed by atoms with E-state index in [1.165, 1.54) is 19.2 Å². The highest BCUT2D eigenvalue weighted by Crippen LogP contribution is 2.74. The lowest BCUT2D eigenvalue weighted by atomic mass is 9.33. The number of hydrogen-bond acceptors (Lipinski definition) is 5. The molecule has 1 N–H and O–H groups in total. The molecular weight excluding hydrogens is 250 g/mol. The Balaban J connectivity index is 1.86. The molecule has 6 heteroatoms. The van der Waals surface area contributed by atoms with Crippen LogP contribution >= 0.6 is 0 Å². The number of carbonyl (C=O) groups is 1. The molecule has 0 aliphatic heterocycles. The van der Waals surface area contributed by atoms with Gasteiger partial charge in [-0.1, -0.05) is 6.07 Å². The van der Waals surface area contributed by atoms with Gasteiger partial charge in [-0.2, -0.15) is 0 Å². The number of phenolic OH excluding ortho intramolecular Hbond substituents is 1. The van der Waals surface area contributed by atoms with E-state index in [-0.39, 0.29) is 28.2 Å². The average Bonchev–Trinajstić information content (AvgIpc) is 2.27. The summed E-state index contributed by atoms with van der Waals surface area (Å²) in [5.74, 6) is -0.523. The van der Waals surface area contributed by atoms with E-state index in [4.69, 9.17) is 4.74 Å².